The third-order valence-electron chi connectivity index (χ3n) is 5.51. The second-order valence-electron chi connectivity index (χ2n) is 7.30. The summed E-state index contributed by atoms with van der Waals surface area (Å²) < 4.78 is 1.79. The fraction of sp³-hybridized carbons (Fsp3) is 0.706. The second-order valence-corrected chi connectivity index (χ2v) is 7.30. The Balaban J connectivity index is 1.96. The van der Waals surface area contributed by atoms with Crippen LogP contribution in [0.3, 0.4) is 0 Å². The maximum absolute atomic E-state index is 12.8. The normalized spacial score (nSPS) is 26.3. The van der Waals surface area contributed by atoms with Gasteiger partial charge in [-0.3, -0.25) is 24.3 Å². The predicted molar refractivity (Wildman–Crippen MR) is 96.5 cm³/mol. The van der Waals surface area contributed by atoms with Crippen LogP contribution in [0.1, 0.15) is 13.8 Å². The summed E-state index contributed by atoms with van der Waals surface area (Å²) in [5, 5.41) is 0. The van der Waals surface area contributed by atoms with Crippen LogP contribution >= 0.6 is 0 Å². The number of Topliss-reactive ketones (excluding diaryl/α,β-unsaturated/α-hetero) is 1. The van der Waals surface area contributed by atoms with E-state index in [1.807, 2.05) is 0 Å². The van der Waals surface area contributed by atoms with Crippen LogP contribution in [0.15, 0.2) is 4.99 Å². The minimum atomic E-state index is -0.718. The molecule has 3 aliphatic heterocycles. The van der Waals surface area contributed by atoms with Crippen molar-refractivity contribution in [2.75, 3.05) is 53.9 Å². The molecular weight excluding hydrogens is 336 g/mol. The molecule has 2 atom stereocenters. The molecule has 2 fully saturated rings. The number of urea groups is 1. The largest absolute Gasteiger partial charge is 0.333 e. The third-order valence-corrected chi connectivity index (χ3v) is 5.51. The summed E-state index contributed by atoms with van der Waals surface area (Å²) in [6, 6.07) is -1.60. The molecule has 0 bridgehead atoms. The first-order valence-corrected chi connectivity index (χ1v) is 8.91. The number of amides is 3. The number of hydrogen-bond donors (Lipinski definition) is 0. The molecule has 2 unspecified atom stereocenters. The maximum atomic E-state index is 12.8. The molecule has 142 valence electrons. The zero-order valence-electron chi connectivity index (χ0n) is 16.1. The van der Waals surface area contributed by atoms with E-state index in [9.17, 15) is 14.4 Å². The van der Waals surface area contributed by atoms with Gasteiger partial charge in [0.1, 0.15) is 6.54 Å². The summed E-state index contributed by atoms with van der Waals surface area (Å²) in [6.07, 6.45) is 0. The number of ketones is 1. The van der Waals surface area contributed by atoms with Gasteiger partial charge in [0.2, 0.25) is 0 Å². The molecule has 0 radical (unpaired) electrons. The minimum absolute atomic E-state index is 0.0349. The SMILES string of the molecule is CC(=O)C(C)[N+]1=C(CN2CCN(C)CC2)N=C2C1C(=O)N(C)C(=O)N2C. The average molecular weight is 363 g/mol. The van der Waals surface area contributed by atoms with E-state index in [0.29, 0.717) is 18.2 Å². The van der Waals surface area contributed by atoms with Crippen LogP contribution in [0.2, 0.25) is 0 Å². The van der Waals surface area contributed by atoms with Crippen LogP contribution in [-0.2, 0) is 9.59 Å². The first-order valence-electron chi connectivity index (χ1n) is 8.91. The van der Waals surface area contributed by atoms with E-state index in [4.69, 9.17) is 0 Å². The Hall–Kier alpha value is -2.13. The summed E-state index contributed by atoms with van der Waals surface area (Å²) >= 11 is 0. The van der Waals surface area contributed by atoms with Crippen LogP contribution in [-0.4, -0.2) is 120 Å². The molecule has 26 heavy (non-hydrogen) atoms. The number of aliphatic imine (C=N–C) groups is 1. The van der Waals surface area contributed by atoms with Crippen molar-refractivity contribution >= 4 is 29.4 Å². The van der Waals surface area contributed by atoms with Gasteiger partial charge in [-0.05, 0) is 25.9 Å². The predicted octanol–water partition coefficient (Wildman–Crippen LogP) is -1.07. The summed E-state index contributed by atoms with van der Waals surface area (Å²) in [6.45, 7) is 7.60. The van der Waals surface area contributed by atoms with E-state index in [1.165, 1.54) is 18.9 Å². The zero-order valence-corrected chi connectivity index (χ0v) is 16.1. The number of piperazine rings is 1. The molecule has 9 nitrogen and oxygen atoms in total. The monoisotopic (exact) mass is 363 g/mol. The van der Waals surface area contributed by atoms with Crippen molar-refractivity contribution in [3.05, 3.63) is 0 Å². The molecule has 0 saturated carbocycles. The molecule has 3 amide bonds. The molecule has 0 aromatic rings. The van der Waals surface area contributed by atoms with Gasteiger partial charge in [0.25, 0.3) is 17.8 Å². The van der Waals surface area contributed by atoms with Crippen molar-refractivity contribution in [2.45, 2.75) is 25.9 Å². The fourth-order valence-electron chi connectivity index (χ4n) is 3.58. The number of rotatable bonds is 4. The topological polar surface area (TPSA) is 79.5 Å². The molecule has 0 aliphatic carbocycles. The second kappa shape index (κ2) is 6.88. The third kappa shape index (κ3) is 3.05. The van der Waals surface area contributed by atoms with Gasteiger partial charge in [-0.1, -0.05) is 0 Å². The van der Waals surface area contributed by atoms with Crippen molar-refractivity contribution in [2.24, 2.45) is 4.99 Å². The number of hydrogen-bond acceptors (Lipinski definition) is 6. The van der Waals surface area contributed by atoms with E-state index in [1.54, 1.807) is 18.5 Å². The van der Waals surface area contributed by atoms with E-state index in [2.05, 4.69) is 21.8 Å². The van der Waals surface area contributed by atoms with Crippen LogP contribution in [0, 0.1) is 0 Å². The first kappa shape index (κ1) is 18.7. The first-order chi connectivity index (χ1) is 12.2. The van der Waals surface area contributed by atoms with Crippen molar-refractivity contribution in [3.63, 3.8) is 0 Å². The van der Waals surface area contributed by atoms with Gasteiger partial charge in [0.05, 0.1) is 0 Å². The minimum Gasteiger partial charge on any atom is -0.304 e. The number of nitrogens with zero attached hydrogens (tertiary/aromatic N) is 6. The molecule has 0 aromatic heterocycles. The van der Waals surface area contributed by atoms with E-state index < -0.39 is 18.1 Å². The zero-order chi connectivity index (χ0) is 19.2. The highest BCUT2D eigenvalue weighted by Crippen LogP contribution is 2.21. The Morgan fingerprint density at radius 2 is 1.77 bits per heavy atom. The number of imide groups is 1. The number of carbonyl (C=O) groups excluding carboxylic acids is 3. The van der Waals surface area contributed by atoms with Gasteiger partial charge in [-0.2, -0.15) is 0 Å². The molecule has 0 N–H and O–H groups in total. The lowest BCUT2D eigenvalue weighted by molar-refractivity contribution is -0.556. The van der Waals surface area contributed by atoms with Gasteiger partial charge < -0.3 is 4.90 Å². The van der Waals surface area contributed by atoms with Gasteiger partial charge >= 0.3 is 11.9 Å². The summed E-state index contributed by atoms with van der Waals surface area (Å²) in [5.41, 5.74) is 0. The lowest BCUT2D eigenvalue weighted by Crippen LogP contribution is -2.63. The van der Waals surface area contributed by atoms with Gasteiger partial charge in [0.15, 0.2) is 11.8 Å². The Morgan fingerprint density at radius 3 is 2.35 bits per heavy atom. The van der Waals surface area contributed by atoms with Crippen LogP contribution < -0.4 is 0 Å². The lowest BCUT2D eigenvalue weighted by atomic mass is 10.1. The highest BCUT2D eigenvalue weighted by molar-refractivity contribution is 6.23. The Bertz CT molecular complexity index is 707. The number of likely N-dealkylation sites (N-methyl/N-ethyl adjacent to an activating group) is 3. The molecule has 2 saturated heterocycles. The lowest BCUT2D eigenvalue weighted by Gasteiger charge is -2.32. The molecular formula is C17H27N6O3+. The highest BCUT2D eigenvalue weighted by atomic mass is 16.2. The van der Waals surface area contributed by atoms with Gasteiger partial charge in [0, 0.05) is 40.3 Å². The standard InChI is InChI=1S/C17H27N6O3/c1-11(12(2)24)23-13(10-22-8-6-19(3)7-9-22)18-15-14(23)16(25)21(5)17(26)20(15)4/h11,14H,6-10H2,1-5H3/q+1. The average Bonchev–Trinajstić information content (AvgIpc) is 2.98. The maximum Gasteiger partial charge on any atom is 0.333 e. The van der Waals surface area contributed by atoms with Crippen molar-refractivity contribution in [1.82, 2.24) is 19.6 Å². The summed E-state index contributed by atoms with van der Waals surface area (Å²) in [5.74, 6) is 0.719. The Labute approximate surface area is 153 Å². The summed E-state index contributed by atoms with van der Waals surface area (Å²) in [4.78, 5) is 48.8. The van der Waals surface area contributed by atoms with E-state index in [-0.39, 0.29) is 11.7 Å². The van der Waals surface area contributed by atoms with Gasteiger partial charge in [-0.15, -0.1) is 0 Å². The number of fused-ring (bicyclic) bond motifs is 1. The van der Waals surface area contributed by atoms with Crippen LogP contribution in [0.4, 0.5) is 4.79 Å². The molecule has 0 spiro atoms. The molecule has 9 heteroatoms. The fourth-order valence-corrected chi connectivity index (χ4v) is 3.58. The smallest absolute Gasteiger partial charge is 0.304 e. The quantitative estimate of drug-likeness (QED) is 0.594. The molecule has 3 heterocycles. The Morgan fingerprint density at radius 1 is 1.15 bits per heavy atom. The van der Waals surface area contributed by atoms with E-state index in [0.717, 1.165) is 31.1 Å². The van der Waals surface area contributed by atoms with Crippen molar-refractivity contribution in [1.29, 1.82) is 0 Å². The molecule has 3 rings (SSSR count). The number of carbonyl (C=O) groups is 3. The number of amidine groups is 2. The van der Waals surface area contributed by atoms with E-state index >= 15 is 0 Å². The summed E-state index contributed by atoms with van der Waals surface area (Å²) in [7, 11) is 5.17. The van der Waals surface area contributed by atoms with Gasteiger partial charge in [-0.25, -0.2) is 9.37 Å². The van der Waals surface area contributed by atoms with Crippen molar-refractivity contribution in [3.8, 4) is 0 Å². The highest BCUT2D eigenvalue weighted by Gasteiger charge is 2.54. The molecule has 3 aliphatic rings. The van der Waals surface area contributed by atoms with Crippen LogP contribution in [0.25, 0.3) is 0 Å². The van der Waals surface area contributed by atoms with Crippen molar-refractivity contribution < 1.29 is 19.0 Å². The Kier molecular flexibility index (Phi) is 4.94. The van der Waals surface area contributed by atoms with Crippen LogP contribution in [0.5, 0.6) is 0 Å². The molecule has 0 aromatic carbocycles.